The van der Waals surface area contributed by atoms with E-state index in [1.807, 2.05) is 11.8 Å². The van der Waals surface area contributed by atoms with Crippen molar-refractivity contribution in [1.82, 2.24) is 10.6 Å². The second-order valence-electron chi connectivity index (χ2n) is 5.44. The molecular weight excluding hydrogens is 248 g/mol. The number of hydrogen-bond donors (Lipinski definition) is 3. The Labute approximate surface area is 113 Å². The topological polar surface area (TPSA) is 61.4 Å². The Morgan fingerprint density at radius 1 is 1.17 bits per heavy atom. The summed E-state index contributed by atoms with van der Waals surface area (Å²) in [5.41, 5.74) is 0. The maximum Gasteiger partial charge on any atom is 0.315 e. The molecule has 0 heterocycles. The average molecular weight is 272 g/mol. The van der Waals surface area contributed by atoms with Gasteiger partial charge in [0.15, 0.2) is 0 Å². The maximum atomic E-state index is 11.9. The average Bonchev–Trinajstić information content (AvgIpc) is 2.80. The van der Waals surface area contributed by atoms with Crippen molar-refractivity contribution < 1.29 is 9.90 Å². The van der Waals surface area contributed by atoms with Crippen LogP contribution in [-0.2, 0) is 0 Å². The van der Waals surface area contributed by atoms with E-state index in [9.17, 15) is 9.90 Å². The fourth-order valence-electron chi connectivity index (χ4n) is 2.96. The molecule has 104 valence electrons. The van der Waals surface area contributed by atoms with E-state index in [-0.39, 0.29) is 18.2 Å². The lowest BCUT2D eigenvalue weighted by atomic mass is 9.93. The molecule has 4 nitrogen and oxygen atoms in total. The zero-order valence-corrected chi connectivity index (χ0v) is 11.8. The molecule has 0 aromatic rings. The highest BCUT2D eigenvalue weighted by Gasteiger charge is 2.28. The van der Waals surface area contributed by atoms with Crippen molar-refractivity contribution in [2.75, 3.05) is 6.26 Å². The minimum absolute atomic E-state index is 0.0588. The van der Waals surface area contributed by atoms with E-state index >= 15 is 0 Å². The number of rotatable bonds is 3. The summed E-state index contributed by atoms with van der Waals surface area (Å²) >= 11 is 1.89. The molecule has 2 amide bonds. The Morgan fingerprint density at radius 2 is 1.94 bits per heavy atom. The Hall–Kier alpha value is -0.420. The van der Waals surface area contributed by atoms with Gasteiger partial charge in [0.25, 0.3) is 0 Å². The molecule has 4 atom stereocenters. The summed E-state index contributed by atoms with van der Waals surface area (Å²) in [6, 6.07) is 0.146. The number of aliphatic hydroxyl groups excluding tert-OH is 1. The molecule has 0 aromatic carbocycles. The number of urea groups is 1. The van der Waals surface area contributed by atoms with Gasteiger partial charge in [0.05, 0.1) is 12.1 Å². The Morgan fingerprint density at radius 3 is 2.61 bits per heavy atom. The van der Waals surface area contributed by atoms with Gasteiger partial charge in [-0.05, 0) is 38.4 Å². The molecular formula is C13H24N2O2S. The van der Waals surface area contributed by atoms with Crippen molar-refractivity contribution in [3.63, 3.8) is 0 Å². The predicted molar refractivity (Wildman–Crippen MR) is 74.9 cm³/mol. The van der Waals surface area contributed by atoms with E-state index in [4.69, 9.17) is 0 Å². The van der Waals surface area contributed by atoms with Gasteiger partial charge < -0.3 is 15.7 Å². The highest BCUT2D eigenvalue weighted by Crippen LogP contribution is 2.28. The number of carbonyl (C=O) groups is 1. The van der Waals surface area contributed by atoms with Crippen molar-refractivity contribution in [2.24, 2.45) is 0 Å². The number of thioether (sulfide) groups is 1. The van der Waals surface area contributed by atoms with Crippen molar-refractivity contribution in [3.05, 3.63) is 0 Å². The van der Waals surface area contributed by atoms with Crippen LogP contribution in [0.2, 0.25) is 0 Å². The normalized spacial score (nSPS) is 36.3. The smallest absolute Gasteiger partial charge is 0.315 e. The lowest BCUT2D eigenvalue weighted by Gasteiger charge is -2.28. The number of nitrogens with one attached hydrogen (secondary N) is 2. The molecule has 0 aromatic heterocycles. The highest BCUT2D eigenvalue weighted by molar-refractivity contribution is 7.99. The van der Waals surface area contributed by atoms with Gasteiger partial charge in [0.1, 0.15) is 0 Å². The SMILES string of the molecule is CS[C@@H]1CC[C@H](NC(=O)N[C@H]2CCCC[C@@H]2O)C1. The standard InChI is InChI=1S/C13H24N2O2S/c1-18-10-7-6-9(8-10)14-13(17)15-11-4-2-3-5-12(11)16/h9-12,16H,2-8H2,1H3,(H2,14,15,17)/t9-,10+,11-,12-/m0/s1. The van der Waals surface area contributed by atoms with Gasteiger partial charge in [0, 0.05) is 11.3 Å². The van der Waals surface area contributed by atoms with Gasteiger partial charge in [-0.3, -0.25) is 0 Å². The molecule has 5 heteroatoms. The zero-order chi connectivity index (χ0) is 13.0. The fourth-order valence-corrected chi connectivity index (χ4v) is 3.76. The third kappa shape index (κ3) is 3.79. The van der Waals surface area contributed by atoms with Crippen LogP contribution in [0.4, 0.5) is 4.79 Å². The van der Waals surface area contributed by atoms with E-state index in [2.05, 4.69) is 16.9 Å². The van der Waals surface area contributed by atoms with Crippen molar-refractivity contribution in [3.8, 4) is 0 Å². The first-order valence-corrected chi connectivity index (χ1v) is 8.25. The molecule has 0 unspecified atom stereocenters. The molecule has 2 rings (SSSR count). The van der Waals surface area contributed by atoms with Crippen molar-refractivity contribution >= 4 is 17.8 Å². The molecule has 2 aliphatic rings. The van der Waals surface area contributed by atoms with Crippen molar-refractivity contribution in [1.29, 1.82) is 0 Å². The third-order valence-electron chi connectivity index (χ3n) is 4.10. The van der Waals surface area contributed by atoms with E-state index < -0.39 is 0 Å². The summed E-state index contributed by atoms with van der Waals surface area (Å²) in [5.74, 6) is 0. The van der Waals surface area contributed by atoms with Crippen LogP contribution < -0.4 is 10.6 Å². The van der Waals surface area contributed by atoms with E-state index in [1.54, 1.807) is 0 Å². The first kappa shape index (κ1) is 14.0. The first-order valence-electron chi connectivity index (χ1n) is 6.97. The molecule has 0 saturated heterocycles. The number of hydrogen-bond acceptors (Lipinski definition) is 3. The molecule has 0 spiro atoms. The van der Waals surface area contributed by atoms with Gasteiger partial charge in [-0.1, -0.05) is 12.8 Å². The summed E-state index contributed by atoms with van der Waals surface area (Å²) in [6.07, 6.45) is 8.97. The monoisotopic (exact) mass is 272 g/mol. The summed E-state index contributed by atoms with van der Waals surface area (Å²) < 4.78 is 0. The zero-order valence-electron chi connectivity index (χ0n) is 11.0. The van der Waals surface area contributed by atoms with Gasteiger partial charge in [0.2, 0.25) is 0 Å². The van der Waals surface area contributed by atoms with Gasteiger partial charge in [-0.15, -0.1) is 0 Å². The van der Waals surface area contributed by atoms with E-state index in [1.165, 1.54) is 6.42 Å². The molecule has 3 N–H and O–H groups in total. The van der Waals surface area contributed by atoms with E-state index in [0.717, 1.165) is 38.5 Å². The molecule has 0 radical (unpaired) electrons. The van der Waals surface area contributed by atoms with Crippen LogP contribution >= 0.6 is 11.8 Å². The van der Waals surface area contributed by atoms with Gasteiger partial charge in [-0.25, -0.2) is 4.79 Å². The Bertz CT molecular complexity index is 288. The van der Waals surface area contributed by atoms with Crippen LogP contribution in [0.1, 0.15) is 44.9 Å². The molecule has 0 bridgehead atoms. The number of carbonyl (C=O) groups excluding carboxylic acids is 1. The lowest BCUT2D eigenvalue weighted by molar-refractivity contribution is 0.0940. The van der Waals surface area contributed by atoms with E-state index in [0.29, 0.717) is 11.3 Å². The van der Waals surface area contributed by atoms with Crippen LogP contribution in [0.3, 0.4) is 0 Å². The molecule has 2 saturated carbocycles. The molecule has 0 aliphatic heterocycles. The molecule has 2 fully saturated rings. The minimum Gasteiger partial charge on any atom is -0.391 e. The fraction of sp³-hybridized carbons (Fsp3) is 0.923. The van der Waals surface area contributed by atoms with Crippen LogP contribution in [0.15, 0.2) is 0 Å². The lowest BCUT2D eigenvalue weighted by Crippen LogP contribution is -2.50. The highest BCUT2D eigenvalue weighted by atomic mass is 32.2. The summed E-state index contributed by atoms with van der Waals surface area (Å²) in [6.45, 7) is 0. The first-order chi connectivity index (χ1) is 8.69. The van der Waals surface area contributed by atoms with Crippen LogP contribution in [-0.4, -0.2) is 40.8 Å². The second kappa shape index (κ2) is 6.66. The van der Waals surface area contributed by atoms with Crippen LogP contribution in [0.25, 0.3) is 0 Å². The van der Waals surface area contributed by atoms with Crippen LogP contribution in [0.5, 0.6) is 0 Å². The summed E-state index contributed by atoms with van der Waals surface area (Å²) in [4.78, 5) is 11.9. The van der Waals surface area contributed by atoms with Gasteiger partial charge >= 0.3 is 6.03 Å². The molecule has 18 heavy (non-hydrogen) atoms. The summed E-state index contributed by atoms with van der Waals surface area (Å²) in [5, 5.41) is 16.5. The largest absolute Gasteiger partial charge is 0.391 e. The maximum absolute atomic E-state index is 11.9. The quantitative estimate of drug-likeness (QED) is 0.735. The number of aliphatic hydroxyl groups is 1. The predicted octanol–water partition coefficient (Wildman–Crippen LogP) is 1.87. The Balaban J connectivity index is 1.71. The second-order valence-corrected chi connectivity index (χ2v) is 6.58. The minimum atomic E-state index is -0.368. The number of amides is 2. The van der Waals surface area contributed by atoms with Gasteiger partial charge in [-0.2, -0.15) is 11.8 Å². The van der Waals surface area contributed by atoms with Crippen LogP contribution in [0, 0.1) is 0 Å². The summed E-state index contributed by atoms with van der Waals surface area (Å²) in [7, 11) is 0. The molecule has 2 aliphatic carbocycles. The Kier molecular flexibility index (Phi) is 5.18. The third-order valence-corrected chi connectivity index (χ3v) is 5.19. The van der Waals surface area contributed by atoms with Crippen molar-refractivity contribution in [2.45, 2.75) is 68.4 Å².